The zero-order valence-corrected chi connectivity index (χ0v) is 15.1. The fourth-order valence-electron chi connectivity index (χ4n) is 3.91. The van der Waals surface area contributed by atoms with Gasteiger partial charge in [-0.05, 0) is 44.0 Å². The minimum Gasteiger partial charge on any atom is -0.486 e. The zero-order valence-electron chi connectivity index (χ0n) is 15.1. The van der Waals surface area contributed by atoms with Gasteiger partial charge in [-0.25, -0.2) is 0 Å². The maximum Gasteiger partial charge on any atom is 0.253 e. The second-order valence-corrected chi connectivity index (χ2v) is 7.29. The van der Waals surface area contributed by atoms with Crippen LogP contribution in [0.1, 0.15) is 35.2 Å². The minimum atomic E-state index is -0.156. The van der Waals surface area contributed by atoms with Crippen LogP contribution in [0.4, 0.5) is 0 Å². The van der Waals surface area contributed by atoms with Crippen LogP contribution >= 0.6 is 0 Å². The van der Waals surface area contributed by atoms with Gasteiger partial charge < -0.3 is 14.4 Å². The summed E-state index contributed by atoms with van der Waals surface area (Å²) in [5.41, 5.74) is 1.72. The molecule has 1 aromatic carbocycles. The Kier molecular flexibility index (Phi) is 4.64. The standard InChI is InChI=1S/C21H24N2O3/c1-16-4-2-5-17(12-16)20(24)23-10-7-21(8-11-23)13-19(15-25-21)26-18-6-3-9-22-14-18/h2-6,9,12,14,19H,7-8,10-11,13,15H2,1H3/t19-/m1/s1. The highest BCUT2D eigenvalue weighted by Crippen LogP contribution is 2.37. The molecule has 5 heteroatoms. The molecule has 0 saturated carbocycles. The number of benzene rings is 1. The lowest BCUT2D eigenvalue weighted by Gasteiger charge is -2.38. The summed E-state index contributed by atoms with van der Waals surface area (Å²) in [6.07, 6.45) is 6.11. The van der Waals surface area contributed by atoms with E-state index in [1.165, 1.54) is 0 Å². The van der Waals surface area contributed by atoms with E-state index in [4.69, 9.17) is 9.47 Å². The minimum absolute atomic E-state index is 0.0539. The molecule has 0 bridgehead atoms. The largest absolute Gasteiger partial charge is 0.486 e. The van der Waals surface area contributed by atoms with E-state index in [0.717, 1.165) is 49.2 Å². The van der Waals surface area contributed by atoms with Crippen molar-refractivity contribution >= 4 is 5.91 Å². The molecule has 2 aliphatic heterocycles. The van der Waals surface area contributed by atoms with E-state index in [2.05, 4.69) is 4.98 Å². The van der Waals surface area contributed by atoms with Crippen LogP contribution in [-0.4, -0.2) is 47.2 Å². The van der Waals surface area contributed by atoms with Crippen LogP contribution < -0.4 is 4.74 Å². The molecule has 136 valence electrons. The van der Waals surface area contributed by atoms with Gasteiger partial charge >= 0.3 is 0 Å². The van der Waals surface area contributed by atoms with Crippen LogP contribution in [0.15, 0.2) is 48.8 Å². The monoisotopic (exact) mass is 352 g/mol. The van der Waals surface area contributed by atoms with Crippen molar-refractivity contribution in [3.63, 3.8) is 0 Å². The highest BCUT2D eigenvalue weighted by molar-refractivity contribution is 5.94. The molecule has 2 fully saturated rings. The van der Waals surface area contributed by atoms with E-state index in [9.17, 15) is 4.79 Å². The lowest BCUT2D eigenvalue weighted by Crippen LogP contribution is -2.46. The lowest BCUT2D eigenvalue weighted by molar-refractivity contribution is -0.0395. The fraction of sp³-hybridized carbons (Fsp3) is 0.429. The normalized spacial score (nSPS) is 21.7. The van der Waals surface area contributed by atoms with Crippen molar-refractivity contribution in [3.05, 3.63) is 59.9 Å². The molecule has 2 aromatic rings. The summed E-state index contributed by atoms with van der Waals surface area (Å²) in [5.74, 6) is 0.898. The van der Waals surface area contributed by atoms with Crippen molar-refractivity contribution in [2.45, 2.75) is 37.9 Å². The summed E-state index contributed by atoms with van der Waals surface area (Å²) in [5, 5.41) is 0. The Morgan fingerprint density at radius 3 is 2.85 bits per heavy atom. The zero-order chi connectivity index (χ0) is 18.0. The predicted molar refractivity (Wildman–Crippen MR) is 98.3 cm³/mol. The van der Waals surface area contributed by atoms with Crippen molar-refractivity contribution in [1.29, 1.82) is 0 Å². The van der Waals surface area contributed by atoms with Gasteiger partial charge in [0.15, 0.2) is 0 Å². The van der Waals surface area contributed by atoms with Gasteiger partial charge in [0.1, 0.15) is 11.9 Å². The number of carbonyl (C=O) groups excluding carboxylic acids is 1. The number of rotatable bonds is 3. The highest BCUT2D eigenvalue weighted by atomic mass is 16.6. The molecule has 2 aliphatic rings. The van der Waals surface area contributed by atoms with Crippen LogP contribution in [0.2, 0.25) is 0 Å². The number of carbonyl (C=O) groups is 1. The summed E-state index contributed by atoms with van der Waals surface area (Å²) in [7, 11) is 0. The van der Waals surface area contributed by atoms with Gasteiger partial charge in [0.25, 0.3) is 5.91 Å². The van der Waals surface area contributed by atoms with Crippen molar-refractivity contribution in [3.8, 4) is 5.75 Å². The Morgan fingerprint density at radius 1 is 1.27 bits per heavy atom. The molecule has 26 heavy (non-hydrogen) atoms. The maximum absolute atomic E-state index is 12.7. The number of hydrogen-bond acceptors (Lipinski definition) is 4. The van der Waals surface area contributed by atoms with Gasteiger partial charge in [-0.2, -0.15) is 0 Å². The topological polar surface area (TPSA) is 51.7 Å². The van der Waals surface area contributed by atoms with E-state index in [1.54, 1.807) is 12.4 Å². The second kappa shape index (κ2) is 7.08. The Labute approximate surface area is 153 Å². The molecule has 4 rings (SSSR count). The molecule has 3 heterocycles. The first-order chi connectivity index (χ1) is 12.6. The summed E-state index contributed by atoms with van der Waals surface area (Å²) in [6.45, 7) is 4.07. The predicted octanol–water partition coefficient (Wildman–Crippen LogP) is 3.23. The van der Waals surface area contributed by atoms with Gasteiger partial charge in [0.2, 0.25) is 0 Å². The van der Waals surface area contributed by atoms with Crippen LogP contribution in [0.25, 0.3) is 0 Å². The van der Waals surface area contributed by atoms with Gasteiger partial charge in [-0.15, -0.1) is 0 Å². The van der Waals surface area contributed by atoms with Crippen molar-refractivity contribution < 1.29 is 14.3 Å². The van der Waals surface area contributed by atoms with Crippen molar-refractivity contribution in [2.24, 2.45) is 0 Å². The third kappa shape index (κ3) is 3.58. The SMILES string of the molecule is Cc1cccc(C(=O)N2CCC3(CC2)C[C@@H](Oc2cccnc2)CO3)c1. The Bertz CT molecular complexity index is 770. The van der Waals surface area contributed by atoms with Crippen molar-refractivity contribution in [2.75, 3.05) is 19.7 Å². The molecule has 1 atom stereocenters. The number of piperidine rings is 1. The van der Waals surface area contributed by atoms with E-state index in [0.29, 0.717) is 6.61 Å². The first-order valence-corrected chi connectivity index (χ1v) is 9.20. The average molecular weight is 352 g/mol. The van der Waals surface area contributed by atoms with Crippen LogP contribution in [-0.2, 0) is 4.74 Å². The Hall–Kier alpha value is -2.40. The second-order valence-electron chi connectivity index (χ2n) is 7.29. The molecule has 0 unspecified atom stereocenters. The molecule has 0 aliphatic carbocycles. The quantitative estimate of drug-likeness (QED) is 0.851. The average Bonchev–Trinajstić information content (AvgIpc) is 3.05. The Morgan fingerprint density at radius 2 is 2.12 bits per heavy atom. The molecule has 0 N–H and O–H groups in total. The van der Waals surface area contributed by atoms with E-state index >= 15 is 0 Å². The third-order valence-electron chi connectivity index (χ3n) is 5.34. The first-order valence-electron chi connectivity index (χ1n) is 9.20. The van der Waals surface area contributed by atoms with E-state index < -0.39 is 0 Å². The summed E-state index contributed by atoms with van der Waals surface area (Å²) >= 11 is 0. The smallest absolute Gasteiger partial charge is 0.253 e. The number of likely N-dealkylation sites (tertiary alicyclic amines) is 1. The molecule has 1 spiro atoms. The van der Waals surface area contributed by atoms with Crippen LogP contribution in [0.3, 0.4) is 0 Å². The molecule has 5 nitrogen and oxygen atoms in total. The fourth-order valence-corrected chi connectivity index (χ4v) is 3.91. The number of nitrogens with zero attached hydrogens (tertiary/aromatic N) is 2. The van der Waals surface area contributed by atoms with E-state index in [-0.39, 0.29) is 17.6 Å². The van der Waals surface area contributed by atoms with Crippen LogP contribution in [0.5, 0.6) is 5.75 Å². The number of amides is 1. The number of aryl methyl sites for hydroxylation is 1. The molecule has 1 aromatic heterocycles. The Balaban J connectivity index is 1.34. The number of hydrogen-bond donors (Lipinski definition) is 0. The maximum atomic E-state index is 12.7. The molecular weight excluding hydrogens is 328 g/mol. The van der Waals surface area contributed by atoms with E-state index in [1.807, 2.05) is 48.2 Å². The molecule has 2 saturated heterocycles. The molecular formula is C21H24N2O3. The number of pyridine rings is 1. The lowest BCUT2D eigenvalue weighted by atomic mass is 9.87. The van der Waals surface area contributed by atoms with Gasteiger partial charge in [0, 0.05) is 31.3 Å². The van der Waals surface area contributed by atoms with Crippen molar-refractivity contribution in [1.82, 2.24) is 9.88 Å². The summed E-state index contributed by atoms with van der Waals surface area (Å²) in [6, 6.07) is 11.6. The number of ether oxygens (including phenoxy) is 2. The first kappa shape index (κ1) is 17.0. The van der Waals surface area contributed by atoms with Crippen LogP contribution in [0, 0.1) is 6.92 Å². The third-order valence-corrected chi connectivity index (χ3v) is 5.34. The summed E-state index contributed by atoms with van der Waals surface area (Å²) in [4.78, 5) is 18.7. The van der Waals surface area contributed by atoms with Gasteiger partial charge in [-0.1, -0.05) is 17.7 Å². The van der Waals surface area contributed by atoms with Gasteiger partial charge in [0.05, 0.1) is 18.4 Å². The molecule has 1 amide bonds. The summed E-state index contributed by atoms with van der Waals surface area (Å²) < 4.78 is 12.1. The molecule has 0 radical (unpaired) electrons. The highest BCUT2D eigenvalue weighted by Gasteiger charge is 2.44. The van der Waals surface area contributed by atoms with Gasteiger partial charge in [-0.3, -0.25) is 9.78 Å². The number of aromatic nitrogens is 1.